The van der Waals surface area contributed by atoms with E-state index in [-0.39, 0.29) is 18.4 Å². The fraction of sp³-hybridized carbons (Fsp3) is 0.222. The van der Waals surface area contributed by atoms with E-state index < -0.39 is 0 Å². The Morgan fingerprint density at radius 1 is 1.27 bits per heavy atom. The average Bonchev–Trinajstić information content (AvgIpc) is 2.61. The third-order valence-electron chi connectivity index (χ3n) is 3.79. The number of carbonyl (C=O) groups excluding carboxylic acids is 2. The van der Waals surface area contributed by atoms with Gasteiger partial charge in [-0.05, 0) is 42.5 Å². The molecule has 0 spiro atoms. The van der Waals surface area contributed by atoms with Crippen LogP contribution in [0.4, 0.5) is 11.4 Å². The second kappa shape index (κ2) is 8.79. The predicted octanol–water partition coefficient (Wildman–Crippen LogP) is 3.77. The van der Waals surface area contributed by atoms with Crippen molar-refractivity contribution in [3.63, 3.8) is 0 Å². The third-order valence-corrected chi connectivity index (χ3v) is 5.64. The molecule has 26 heavy (non-hydrogen) atoms. The summed E-state index contributed by atoms with van der Waals surface area (Å²) in [7, 11) is 0. The smallest absolute Gasteiger partial charge is 0.239 e. The Kier molecular flexibility index (Phi) is 6.45. The second-order valence-corrected chi connectivity index (χ2v) is 8.10. The van der Waals surface area contributed by atoms with E-state index in [1.807, 2.05) is 35.2 Å². The number of amides is 2. The highest BCUT2D eigenvalue weighted by Crippen LogP contribution is 2.29. The number of hydrogen-bond acceptors (Lipinski definition) is 4. The first kappa shape index (κ1) is 19.1. The molecule has 5 nitrogen and oxygen atoms in total. The molecule has 1 heterocycles. The number of anilines is 2. The summed E-state index contributed by atoms with van der Waals surface area (Å²) < 4.78 is 1.01. The highest BCUT2D eigenvalue weighted by molar-refractivity contribution is 9.10. The van der Waals surface area contributed by atoms with Gasteiger partial charge in [-0.15, -0.1) is 11.8 Å². The van der Waals surface area contributed by atoms with Gasteiger partial charge in [-0.25, -0.2) is 0 Å². The summed E-state index contributed by atoms with van der Waals surface area (Å²) in [5, 5.41) is 6.15. The largest absolute Gasteiger partial charge is 0.359 e. The van der Waals surface area contributed by atoms with Gasteiger partial charge >= 0.3 is 0 Å². The SMILES string of the molecule is O=C1CN(c2ccc(NC(=O)CSc3ccc(Br)cc3)cc2Cl)CCN1. The van der Waals surface area contributed by atoms with E-state index in [1.165, 1.54) is 11.8 Å². The fourth-order valence-electron chi connectivity index (χ4n) is 2.56. The number of benzene rings is 2. The van der Waals surface area contributed by atoms with Crippen LogP contribution in [0, 0.1) is 0 Å². The van der Waals surface area contributed by atoms with Crippen LogP contribution in [-0.2, 0) is 9.59 Å². The van der Waals surface area contributed by atoms with Gasteiger partial charge in [0.05, 0.1) is 23.0 Å². The lowest BCUT2D eigenvalue weighted by Gasteiger charge is -2.29. The lowest BCUT2D eigenvalue weighted by Crippen LogP contribution is -2.47. The number of rotatable bonds is 5. The molecule has 0 aromatic heterocycles. The van der Waals surface area contributed by atoms with Crippen molar-refractivity contribution in [2.24, 2.45) is 0 Å². The van der Waals surface area contributed by atoms with Gasteiger partial charge in [-0.1, -0.05) is 27.5 Å². The van der Waals surface area contributed by atoms with Crippen molar-refractivity contribution in [3.05, 3.63) is 52.0 Å². The van der Waals surface area contributed by atoms with E-state index >= 15 is 0 Å². The van der Waals surface area contributed by atoms with Gasteiger partial charge in [0.25, 0.3) is 0 Å². The number of nitrogens with zero attached hydrogens (tertiary/aromatic N) is 1. The summed E-state index contributed by atoms with van der Waals surface area (Å²) in [6.45, 7) is 1.59. The molecule has 0 aliphatic carbocycles. The van der Waals surface area contributed by atoms with Crippen molar-refractivity contribution in [1.29, 1.82) is 0 Å². The summed E-state index contributed by atoms with van der Waals surface area (Å²) in [4.78, 5) is 26.6. The molecular weight excluding hydrogens is 438 g/mol. The summed E-state index contributed by atoms with van der Waals surface area (Å²) in [5.41, 5.74) is 1.44. The molecular formula is C18H17BrClN3O2S. The molecule has 0 bridgehead atoms. The third kappa shape index (κ3) is 5.16. The molecule has 2 aromatic rings. The quantitative estimate of drug-likeness (QED) is 0.675. The lowest BCUT2D eigenvalue weighted by molar-refractivity contribution is -0.120. The Hall–Kier alpha value is -1.70. The van der Waals surface area contributed by atoms with Crippen LogP contribution in [0.15, 0.2) is 51.8 Å². The van der Waals surface area contributed by atoms with Crippen LogP contribution in [0.3, 0.4) is 0 Å². The maximum atomic E-state index is 12.1. The number of nitrogens with one attached hydrogen (secondary N) is 2. The monoisotopic (exact) mass is 453 g/mol. The minimum absolute atomic E-state index is 0.0188. The molecule has 0 radical (unpaired) electrons. The van der Waals surface area contributed by atoms with Crippen LogP contribution in [0.5, 0.6) is 0 Å². The van der Waals surface area contributed by atoms with Crippen molar-refractivity contribution in [3.8, 4) is 0 Å². The zero-order valence-corrected chi connectivity index (χ0v) is 17.0. The molecule has 2 aromatic carbocycles. The maximum Gasteiger partial charge on any atom is 0.239 e. The minimum Gasteiger partial charge on any atom is -0.359 e. The Bertz CT molecular complexity index is 817. The van der Waals surface area contributed by atoms with E-state index in [9.17, 15) is 9.59 Å². The summed E-state index contributed by atoms with van der Waals surface area (Å²) in [5.74, 6) is 0.196. The van der Waals surface area contributed by atoms with Crippen molar-refractivity contribution < 1.29 is 9.59 Å². The van der Waals surface area contributed by atoms with Crippen LogP contribution >= 0.6 is 39.3 Å². The van der Waals surface area contributed by atoms with E-state index in [4.69, 9.17) is 11.6 Å². The number of halogens is 2. The number of thioether (sulfide) groups is 1. The first-order valence-electron chi connectivity index (χ1n) is 8.01. The number of carbonyl (C=O) groups is 2. The van der Waals surface area contributed by atoms with Gasteiger partial charge in [0, 0.05) is 28.1 Å². The van der Waals surface area contributed by atoms with E-state index in [2.05, 4.69) is 26.6 Å². The summed E-state index contributed by atoms with van der Waals surface area (Å²) >= 11 is 11.2. The zero-order valence-electron chi connectivity index (χ0n) is 13.8. The van der Waals surface area contributed by atoms with Crippen molar-refractivity contribution in [2.45, 2.75) is 4.90 Å². The lowest BCUT2D eigenvalue weighted by atomic mass is 10.2. The van der Waals surface area contributed by atoms with Gasteiger partial charge in [-0.2, -0.15) is 0 Å². The summed E-state index contributed by atoms with van der Waals surface area (Å²) in [6.07, 6.45) is 0. The highest BCUT2D eigenvalue weighted by Gasteiger charge is 2.18. The molecule has 3 rings (SSSR count). The molecule has 1 aliphatic rings. The molecule has 136 valence electrons. The van der Waals surface area contributed by atoms with Crippen LogP contribution < -0.4 is 15.5 Å². The Labute approximate surface area is 169 Å². The van der Waals surface area contributed by atoms with Gasteiger partial charge in [0.1, 0.15) is 0 Å². The van der Waals surface area contributed by atoms with Crippen LogP contribution in [0.25, 0.3) is 0 Å². The van der Waals surface area contributed by atoms with Crippen molar-refractivity contribution in [2.75, 3.05) is 35.6 Å². The first-order chi connectivity index (χ1) is 12.5. The minimum atomic E-state index is -0.0981. The highest BCUT2D eigenvalue weighted by atomic mass is 79.9. The zero-order chi connectivity index (χ0) is 18.5. The maximum absolute atomic E-state index is 12.1. The normalized spacial score (nSPS) is 14.1. The van der Waals surface area contributed by atoms with Crippen molar-refractivity contribution >= 4 is 62.5 Å². The summed E-state index contributed by atoms with van der Waals surface area (Å²) in [6, 6.07) is 13.2. The molecule has 8 heteroatoms. The topological polar surface area (TPSA) is 61.4 Å². The molecule has 1 saturated heterocycles. The molecule has 1 aliphatic heterocycles. The predicted molar refractivity (Wildman–Crippen MR) is 110 cm³/mol. The second-order valence-electron chi connectivity index (χ2n) is 5.73. The molecule has 0 atom stereocenters. The molecule has 2 N–H and O–H groups in total. The molecule has 0 unspecified atom stereocenters. The molecule has 2 amide bonds. The van der Waals surface area contributed by atoms with Gasteiger partial charge in [0.2, 0.25) is 11.8 Å². The standard InChI is InChI=1S/C18H17BrClN3O2S/c19-12-1-4-14(5-2-12)26-11-18(25)22-13-3-6-16(15(20)9-13)23-8-7-21-17(24)10-23/h1-6,9H,7-8,10-11H2,(H,21,24)(H,22,25). The number of hydrogen-bond donors (Lipinski definition) is 2. The van der Waals surface area contributed by atoms with E-state index in [1.54, 1.807) is 12.1 Å². The van der Waals surface area contributed by atoms with Crippen LogP contribution in [0.1, 0.15) is 0 Å². The Balaban J connectivity index is 1.57. The van der Waals surface area contributed by atoms with E-state index in [0.29, 0.717) is 29.6 Å². The fourth-order valence-corrected chi connectivity index (χ4v) is 3.82. The van der Waals surface area contributed by atoms with E-state index in [0.717, 1.165) is 15.1 Å². The Morgan fingerprint density at radius 2 is 2.04 bits per heavy atom. The van der Waals surface area contributed by atoms with Gasteiger partial charge in [0.15, 0.2) is 0 Å². The molecule has 0 saturated carbocycles. The average molecular weight is 455 g/mol. The van der Waals surface area contributed by atoms with Gasteiger partial charge < -0.3 is 15.5 Å². The van der Waals surface area contributed by atoms with Crippen LogP contribution in [0.2, 0.25) is 5.02 Å². The first-order valence-corrected chi connectivity index (χ1v) is 10.2. The molecule has 1 fully saturated rings. The van der Waals surface area contributed by atoms with Gasteiger partial charge in [-0.3, -0.25) is 9.59 Å². The van der Waals surface area contributed by atoms with Crippen molar-refractivity contribution in [1.82, 2.24) is 5.32 Å². The van der Waals surface area contributed by atoms with Crippen LogP contribution in [-0.4, -0.2) is 37.2 Å². The number of piperazine rings is 1. The Morgan fingerprint density at radius 3 is 2.73 bits per heavy atom.